The lowest BCUT2D eigenvalue weighted by Gasteiger charge is -2.19. The van der Waals surface area contributed by atoms with Crippen LogP contribution in [0.15, 0.2) is 0 Å². The highest BCUT2D eigenvalue weighted by Crippen LogP contribution is 2.20. The zero-order chi connectivity index (χ0) is 16.0. The molecular formula is C13H21N3O5. The maximum absolute atomic E-state index is 12.1. The van der Waals surface area contributed by atoms with Crippen molar-refractivity contribution in [3.8, 4) is 0 Å². The van der Waals surface area contributed by atoms with E-state index in [0.717, 1.165) is 4.90 Å². The van der Waals surface area contributed by atoms with E-state index < -0.39 is 29.4 Å². The Morgan fingerprint density at radius 3 is 2.52 bits per heavy atom. The van der Waals surface area contributed by atoms with E-state index in [0.29, 0.717) is 25.8 Å². The van der Waals surface area contributed by atoms with Gasteiger partial charge in [0.15, 0.2) is 0 Å². The fourth-order valence-electron chi connectivity index (χ4n) is 1.96. The first-order chi connectivity index (χ1) is 9.80. The third-order valence-electron chi connectivity index (χ3n) is 3.49. The summed E-state index contributed by atoms with van der Waals surface area (Å²) in [5, 5.41) is 13.6. The summed E-state index contributed by atoms with van der Waals surface area (Å²) >= 11 is 0. The number of aliphatic carboxylic acids is 1. The standard InChI is InChI=1S/C13H21N3O5/c1-3-13(2)11(20)16(12(21)15-13)8-9(17)14-7-5-4-6-10(18)19/h3-8H2,1-2H3,(H,14,17)(H,15,21)(H,18,19). The minimum Gasteiger partial charge on any atom is -0.481 e. The van der Waals surface area contributed by atoms with Crippen LogP contribution in [-0.4, -0.2) is 52.4 Å². The second-order valence-electron chi connectivity index (χ2n) is 5.21. The van der Waals surface area contributed by atoms with Gasteiger partial charge in [0.05, 0.1) is 0 Å². The zero-order valence-corrected chi connectivity index (χ0v) is 12.3. The number of nitrogens with zero attached hydrogens (tertiary/aromatic N) is 1. The number of hydrogen-bond donors (Lipinski definition) is 3. The average molecular weight is 299 g/mol. The van der Waals surface area contributed by atoms with Crippen molar-refractivity contribution < 1.29 is 24.3 Å². The summed E-state index contributed by atoms with van der Waals surface area (Å²) in [6, 6.07) is -0.564. The van der Waals surface area contributed by atoms with E-state index in [-0.39, 0.29) is 13.0 Å². The molecule has 1 aliphatic heterocycles. The van der Waals surface area contributed by atoms with Crippen LogP contribution in [0.3, 0.4) is 0 Å². The number of nitrogens with one attached hydrogen (secondary N) is 2. The number of imide groups is 1. The maximum Gasteiger partial charge on any atom is 0.325 e. The molecule has 1 heterocycles. The van der Waals surface area contributed by atoms with Gasteiger partial charge in [0, 0.05) is 13.0 Å². The molecule has 21 heavy (non-hydrogen) atoms. The number of carboxylic acid groups (broad SMARTS) is 1. The Labute approximate surface area is 122 Å². The predicted octanol–water partition coefficient (Wildman–Crippen LogP) is 0.0780. The van der Waals surface area contributed by atoms with Crippen molar-refractivity contribution in [2.45, 2.75) is 45.1 Å². The highest BCUT2D eigenvalue weighted by atomic mass is 16.4. The van der Waals surface area contributed by atoms with Crippen molar-refractivity contribution in [2.24, 2.45) is 0 Å². The Kier molecular flexibility index (Phi) is 5.69. The molecule has 4 amide bonds. The van der Waals surface area contributed by atoms with Crippen LogP contribution in [0.1, 0.15) is 39.5 Å². The Hall–Kier alpha value is -2.12. The first-order valence-electron chi connectivity index (χ1n) is 6.92. The van der Waals surface area contributed by atoms with Gasteiger partial charge >= 0.3 is 12.0 Å². The highest BCUT2D eigenvalue weighted by Gasteiger charge is 2.46. The molecule has 1 atom stereocenters. The zero-order valence-electron chi connectivity index (χ0n) is 12.3. The van der Waals surface area contributed by atoms with E-state index in [1.54, 1.807) is 13.8 Å². The highest BCUT2D eigenvalue weighted by molar-refractivity contribution is 6.08. The summed E-state index contributed by atoms with van der Waals surface area (Å²) in [5.74, 6) is -1.72. The molecular weight excluding hydrogens is 278 g/mol. The van der Waals surface area contributed by atoms with E-state index in [1.807, 2.05) is 0 Å². The third kappa shape index (κ3) is 4.44. The van der Waals surface area contributed by atoms with Crippen LogP contribution in [-0.2, 0) is 14.4 Å². The summed E-state index contributed by atoms with van der Waals surface area (Å²) in [5.41, 5.74) is -0.946. The quantitative estimate of drug-likeness (QED) is 0.433. The minimum absolute atomic E-state index is 0.0533. The fraction of sp³-hybridized carbons (Fsp3) is 0.692. The van der Waals surface area contributed by atoms with Gasteiger partial charge in [-0.3, -0.25) is 19.3 Å². The number of carboxylic acids is 1. The molecule has 1 rings (SSSR count). The van der Waals surface area contributed by atoms with Crippen molar-refractivity contribution in [2.75, 3.05) is 13.1 Å². The molecule has 0 spiro atoms. The van der Waals surface area contributed by atoms with Gasteiger partial charge in [-0.05, 0) is 26.2 Å². The van der Waals surface area contributed by atoms with E-state index in [4.69, 9.17) is 5.11 Å². The summed E-state index contributed by atoms with van der Waals surface area (Å²) in [4.78, 5) is 46.6. The molecule has 1 saturated heterocycles. The molecule has 3 N–H and O–H groups in total. The van der Waals surface area contributed by atoms with E-state index in [9.17, 15) is 19.2 Å². The average Bonchev–Trinajstić information content (AvgIpc) is 2.62. The Balaban J connectivity index is 2.36. The summed E-state index contributed by atoms with van der Waals surface area (Å²) < 4.78 is 0. The Bertz CT molecular complexity index is 451. The number of unbranched alkanes of at least 4 members (excludes halogenated alkanes) is 1. The SMILES string of the molecule is CCC1(C)NC(=O)N(CC(=O)NCCCCC(=O)O)C1=O. The number of amides is 4. The van der Waals surface area contributed by atoms with Crippen molar-refractivity contribution in [1.82, 2.24) is 15.5 Å². The number of urea groups is 1. The van der Waals surface area contributed by atoms with Gasteiger partial charge in [-0.15, -0.1) is 0 Å². The Morgan fingerprint density at radius 2 is 2.00 bits per heavy atom. The van der Waals surface area contributed by atoms with Gasteiger partial charge in [-0.2, -0.15) is 0 Å². The lowest BCUT2D eigenvalue weighted by molar-refractivity contribution is -0.137. The number of hydrogen-bond acceptors (Lipinski definition) is 4. The molecule has 0 radical (unpaired) electrons. The maximum atomic E-state index is 12.1. The molecule has 118 valence electrons. The Morgan fingerprint density at radius 1 is 1.33 bits per heavy atom. The first kappa shape index (κ1) is 16.9. The van der Waals surface area contributed by atoms with Gasteiger partial charge in [0.1, 0.15) is 12.1 Å². The third-order valence-corrected chi connectivity index (χ3v) is 3.49. The van der Waals surface area contributed by atoms with E-state index in [1.165, 1.54) is 0 Å². The molecule has 0 saturated carbocycles. The van der Waals surface area contributed by atoms with Crippen molar-refractivity contribution in [1.29, 1.82) is 0 Å². The molecule has 0 aliphatic carbocycles. The monoisotopic (exact) mass is 299 g/mol. The normalized spacial score (nSPS) is 21.3. The van der Waals surface area contributed by atoms with Crippen LogP contribution in [0.5, 0.6) is 0 Å². The predicted molar refractivity (Wildman–Crippen MR) is 73.4 cm³/mol. The molecule has 1 fully saturated rings. The van der Waals surface area contributed by atoms with Gasteiger partial charge in [-0.1, -0.05) is 6.92 Å². The molecule has 0 aromatic heterocycles. The van der Waals surface area contributed by atoms with Crippen LogP contribution < -0.4 is 10.6 Å². The van der Waals surface area contributed by atoms with Crippen molar-refractivity contribution in [3.05, 3.63) is 0 Å². The fourth-order valence-corrected chi connectivity index (χ4v) is 1.96. The molecule has 8 nitrogen and oxygen atoms in total. The molecule has 0 bridgehead atoms. The molecule has 8 heteroatoms. The second kappa shape index (κ2) is 7.05. The first-order valence-corrected chi connectivity index (χ1v) is 6.92. The van der Waals surface area contributed by atoms with Gasteiger partial charge < -0.3 is 15.7 Å². The molecule has 0 aromatic carbocycles. The molecule has 1 aliphatic rings. The van der Waals surface area contributed by atoms with Gasteiger partial charge in [-0.25, -0.2) is 4.79 Å². The van der Waals surface area contributed by atoms with Crippen LogP contribution >= 0.6 is 0 Å². The summed E-state index contributed by atoms with van der Waals surface area (Å²) in [6.45, 7) is 3.40. The summed E-state index contributed by atoms with van der Waals surface area (Å²) in [7, 11) is 0. The number of carbonyl (C=O) groups excluding carboxylic acids is 3. The van der Waals surface area contributed by atoms with E-state index >= 15 is 0 Å². The van der Waals surface area contributed by atoms with Crippen molar-refractivity contribution in [3.63, 3.8) is 0 Å². The molecule has 0 aromatic rings. The number of rotatable bonds is 8. The lowest BCUT2D eigenvalue weighted by atomic mass is 9.99. The number of carbonyl (C=O) groups is 4. The topological polar surface area (TPSA) is 116 Å². The second-order valence-corrected chi connectivity index (χ2v) is 5.21. The smallest absolute Gasteiger partial charge is 0.325 e. The molecule has 1 unspecified atom stereocenters. The van der Waals surface area contributed by atoms with Crippen molar-refractivity contribution >= 4 is 23.8 Å². The van der Waals surface area contributed by atoms with Crippen LogP contribution in [0, 0.1) is 0 Å². The minimum atomic E-state index is -0.946. The van der Waals surface area contributed by atoms with Crippen LogP contribution in [0.4, 0.5) is 4.79 Å². The largest absolute Gasteiger partial charge is 0.481 e. The van der Waals surface area contributed by atoms with Crippen LogP contribution in [0.2, 0.25) is 0 Å². The summed E-state index contributed by atoms with van der Waals surface area (Å²) in [6.07, 6.45) is 1.50. The van der Waals surface area contributed by atoms with Gasteiger partial charge in [0.2, 0.25) is 5.91 Å². The lowest BCUT2D eigenvalue weighted by Crippen LogP contribution is -2.44. The van der Waals surface area contributed by atoms with Crippen LogP contribution in [0.25, 0.3) is 0 Å². The van der Waals surface area contributed by atoms with Gasteiger partial charge in [0.25, 0.3) is 5.91 Å². The van der Waals surface area contributed by atoms with E-state index in [2.05, 4.69) is 10.6 Å².